The van der Waals surface area contributed by atoms with E-state index in [1.807, 2.05) is 103 Å². The smallest absolute Gasteiger partial charge is 0.324 e. The predicted molar refractivity (Wildman–Crippen MR) is 131 cm³/mol. The average Bonchev–Trinajstić information content (AvgIpc) is 2.85. The molecule has 0 aliphatic carbocycles. The number of carbonyl (C=O) groups excluding carboxylic acids is 2. The molecule has 0 aliphatic heterocycles. The van der Waals surface area contributed by atoms with E-state index < -0.39 is 23.3 Å². The summed E-state index contributed by atoms with van der Waals surface area (Å²) < 4.78 is 11.1. The third kappa shape index (κ3) is 5.78. The lowest BCUT2D eigenvalue weighted by Crippen LogP contribution is -2.48. The number of hydrogen-bond donors (Lipinski definition) is 0. The standard InChI is InChI=1S/C29H30O4/c1-3-32-27(30)29(28(31)33-4-2,22-24-16-10-6-11-17-24)26(25-18-12-7-13-19-25)21-20-23-14-8-5-9-15-23/h5-21,26H,3-4,22H2,1-2H3/b21-20+. The first-order valence-corrected chi connectivity index (χ1v) is 11.3. The lowest BCUT2D eigenvalue weighted by atomic mass is 9.67. The van der Waals surface area contributed by atoms with Gasteiger partial charge in [-0.2, -0.15) is 0 Å². The molecule has 0 bridgehead atoms. The van der Waals surface area contributed by atoms with Crippen molar-refractivity contribution >= 4 is 18.0 Å². The Morgan fingerprint density at radius 1 is 0.758 bits per heavy atom. The van der Waals surface area contributed by atoms with Gasteiger partial charge < -0.3 is 9.47 Å². The van der Waals surface area contributed by atoms with Crippen LogP contribution in [0.1, 0.15) is 36.5 Å². The van der Waals surface area contributed by atoms with E-state index >= 15 is 0 Å². The minimum absolute atomic E-state index is 0.157. The highest BCUT2D eigenvalue weighted by Crippen LogP contribution is 2.43. The molecule has 0 radical (unpaired) electrons. The van der Waals surface area contributed by atoms with E-state index in [0.29, 0.717) is 0 Å². The Morgan fingerprint density at radius 2 is 1.24 bits per heavy atom. The fraction of sp³-hybridized carbons (Fsp3) is 0.241. The van der Waals surface area contributed by atoms with Crippen molar-refractivity contribution in [2.45, 2.75) is 26.2 Å². The number of rotatable bonds is 10. The van der Waals surface area contributed by atoms with Crippen LogP contribution in [0, 0.1) is 5.41 Å². The SMILES string of the molecule is CCOC(=O)C(Cc1ccccc1)(C(=O)OCC)C(/C=C/c1ccccc1)c1ccccc1. The van der Waals surface area contributed by atoms with Crippen molar-refractivity contribution < 1.29 is 19.1 Å². The predicted octanol–water partition coefficient (Wildman–Crippen LogP) is 5.84. The summed E-state index contributed by atoms with van der Waals surface area (Å²) in [6.07, 6.45) is 4.02. The molecule has 3 rings (SSSR count). The topological polar surface area (TPSA) is 52.6 Å². The second-order valence-corrected chi connectivity index (χ2v) is 7.73. The largest absolute Gasteiger partial charge is 0.465 e. The normalized spacial score (nSPS) is 12.3. The molecule has 0 amide bonds. The zero-order valence-corrected chi connectivity index (χ0v) is 19.1. The Kier molecular flexibility index (Phi) is 8.59. The van der Waals surface area contributed by atoms with Crippen LogP contribution in [-0.2, 0) is 25.5 Å². The van der Waals surface area contributed by atoms with E-state index in [2.05, 4.69) is 0 Å². The molecule has 0 saturated carbocycles. The van der Waals surface area contributed by atoms with Crippen LogP contribution < -0.4 is 0 Å². The van der Waals surface area contributed by atoms with Crippen LogP contribution in [0.5, 0.6) is 0 Å². The second kappa shape index (κ2) is 11.8. The number of allylic oxidation sites excluding steroid dienone is 1. The molecular formula is C29H30O4. The molecule has 4 nitrogen and oxygen atoms in total. The van der Waals surface area contributed by atoms with Gasteiger partial charge in [-0.05, 0) is 30.5 Å². The zero-order chi connectivity index (χ0) is 23.5. The third-order valence-corrected chi connectivity index (χ3v) is 5.58. The summed E-state index contributed by atoms with van der Waals surface area (Å²) >= 11 is 0. The molecule has 0 fully saturated rings. The maximum absolute atomic E-state index is 13.7. The Morgan fingerprint density at radius 3 is 1.76 bits per heavy atom. The van der Waals surface area contributed by atoms with Gasteiger partial charge in [0.05, 0.1) is 13.2 Å². The monoisotopic (exact) mass is 442 g/mol. The third-order valence-electron chi connectivity index (χ3n) is 5.58. The van der Waals surface area contributed by atoms with Gasteiger partial charge >= 0.3 is 11.9 Å². The molecule has 1 atom stereocenters. The quantitative estimate of drug-likeness (QED) is 0.292. The lowest BCUT2D eigenvalue weighted by molar-refractivity contribution is -0.173. The minimum Gasteiger partial charge on any atom is -0.465 e. The van der Waals surface area contributed by atoms with Crippen LogP contribution in [0.25, 0.3) is 6.08 Å². The molecule has 0 aliphatic rings. The molecule has 0 saturated heterocycles. The molecule has 0 heterocycles. The summed E-state index contributed by atoms with van der Waals surface area (Å²) in [7, 11) is 0. The molecule has 33 heavy (non-hydrogen) atoms. The Balaban J connectivity index is 2.23. The van der Waals surface area contributed by atoms with Crippen molar-refractivity contribution in [1.29, 1.82) is 0 Å². The van der Waals surface area contributed by atoms with Crippen molar-refractivity contribution in [3.05, 3.63) is 114 Å². The van der Waals surface area contributed by atoms with E-state index in [-0.39, 0.29) is 19.6 Å². The second-order valence-electron chi connectivity index (χ2n) is 7.73. The number of hydrogen-bond acceptors (Lipinski definition) is 4. The number of ether oxygens (including phenoxy) is 2. The minimum atomic E-state index is -1.58. The van der Waals surface area contributed by atoms with E-state index in [4.69, 9.17) is 9.47 Å². The summed E-state index contributed by atoms with van der Waals surface area (Å²) in [5.74, 6) is -1.77. The van der Waals surface area contributed by atoms with Gasteiger partial charge in [-0.3, -0.25) is 9.59 Å². The molecule has 4 heteroatoms. The number of carbonyl (C=O) groups is 2. The van der Waals surface area contributed by atoms with Gasteiger partial charge in [-0.15, -0.1) is 0 Å². The highest BCUT2D eigenvalue weighted by molar-refractivity contribution is 6.02. The van der Waals surface area contributed by atoms with Crippen LogP contribution in [0.2, 0.25) is 0 Å². The van der Waals surface area contributed by atoms with Crippen LogP contribution in [-0.4, -0.2) is 25.2 Å². The van der Waals surface area contributed by atoms with Crippen molar-refractivity contribution in [3.63, 3.8) is 0 Å². The van der Waals surface area contributed by atoms with Crippen molar-refractivity contribution in [2.75, 3.05) is 13.2 Å². The first-order chi connectivity index (χ1) is 16.1. The van der Waals surface area contributed by atoms with Gasteiger partial charge in [0, 0.05) is 12.3 Å². The maximum atomic E-state index is 13.7. The molecule has 170 valence electrons. The van der Waals surface area contributed by atoms with Gasteiger partial charge in [0.15, 0.2) is 5.41 Å². The molecule has 0 N–H and O–H groups in total. The van der Waals surface area contributed by atoms with Gasteiger partial charge in [-0.25, -0.2) is 0 Å². The lowest BCUT2D eigenvalue weighted by Gasteiger charge is -2.35. The zero-order valence-electron chi connectivity index (χ0n) is 19.1. The van der Waals surface area contributed by atoms with E-state index in [1.54, 1.807) is 13.8 Å². The van der Waals surface area contributed by atoms with Crippen LogP contribution in [0.3, 0.4) is 0 Å². The van der Waals surface area contributed by atoms with E-state index in [9.17, 15) is 9.59 Å². The van der Waals surface area contributed by atoms with Gasteiger partial charge in [0.25, 0.3) is 0 Å². The fourth-order valence-corrected chi connectivity index (χ4v) is 4.02. The summed E-state index contributed by atoms with van der Waals surface area (Å²) in [6.45, 7) is 3.82. The highest BCUT2D eigenvalue weighted by atomic mass is 16.6. The van der Waals surface area contributed by atoms with Crippen LogP contribution >= 0.6 is 0 Å². The van der Waals surface area contributed by atoms with Crippen LogP contribution in [0.15, 0.2) is 97.1 Å². The van der Waals surface area contributed by atoms with Crippen LogP contribution in [0.4, 0.5) is 0 Å². The van der Waals surface area contributed by atoms with Gasteiger partial charge in [0.1, 0.15) is 0 Å². The average molecular weight is 443 g/mol. The highest BCUT2D eigenvalue weighted by Gasteiger charge is 2.54. The van der Waals surface area contributed by atoms with Gasteiger partial charge in [-0.1, -0.05) is 103 Å². The van der Waals surface area contributed by atoms with Gasteiger partial charge in [0.2, 0.25) is 0 Å². The molecule has 0 aromatic heterocycles. The molecule has 3 aromatic carbocycles. The molecule has 0 spiro atoms. The number of esters is 2. The van der Waals surface area contributed by atoms with Crippen molar-refractivity contribution in [1.82, 2.24) is 0 Å². The Bertz CT molecular complexity index is 1020. The van der Waals surface area contributed by atoms with E-state index in [0.717, 1.165) is 16.7 Å². The summed E-state index contributed by atoms with van der Waals surface area (Å²) in [6, 6.07) is 28.9. The molecule has 3 aromatic rings. The molecule has 1 unspecified atom stereocenters. The Hall–Kier alpha value is -3.66. The first-order valence-electron chi connectivity index (χ1n) is 11.3. The summed E-state index contributed by atoms with van der Waals surface area (Å²) in [4.78, 5) is 27.3. The number of benzene rings is 3. The first kappa shape index (κ1) is 24.0. The van der Waals surface area contributed by atoms with E-state index in [1.165, 1.54) is 0 Å². The molecular weight excluding hydrogens is 412 g/mol. The summed E-state index contributed by atoms with van der Waals surface area (Å²) in [5, 5.41) is 0. The van der Waals surface area contributed by atoms with Crippen molar-refractivity contribution in [3.8, 4) is 0 Å². The van der Waals surface area contributed by atoms with Crippen molar-refractivity contribution in [2.24, 2.45) is 5.41 Å². The Labute approximate surface area is 195 Å². The summed E-state index contributed by atoms with van der Waals surface area (Å²) in [5.41, 5.74) is 1.08. The fourth-order valence-electron chi connectivity index (χ4n) is 4.02. The maximum Gasteiger partial charge on any atom is 0.324 e.